The van der Waals surface area contributed by atoms with E-state index in [9.17, 15) is 23.4 Å². The summed E-state index contributed by atoms with van der Waals surface area (Å²) in [7, 11) is -2.33. The van der Waals surface area contributed by atoms with Crippen LogP contribution in [0.1, 0.15) is 62.3 Å². The number of benzene rings is 2. The molecular weight excluding hydrogens is 468 g/mol. The highest BCUT2D eigenvalue weighted by molar-refractivity contribution is 7.91. The van der Waals surface area contributed by atoms with Crippen LogP contribution >= 0.6 is 0 Å². The van der Waals surface area contributed by atoms with Gasteiger partial charge in [-0.1, -0.05) is 57.0 Å². The summed E-state index contributed by atoms with van der Waals surface area (Å²) >= 11 is 0. The Balaban J connectivity index is 2.27. The number of aliphatic carboxylic acids is 1. The van der Waals surface area contributed by atoms with Crippen molar-refractivity contribution in [3.63, 3.8) is 0 Å². The van der Waals surface area contributed by atoms with Crippen LogP contribution in [0.4, 0.5) is 0 Å². The third-order valence-corrected chi connectivity index (χ3v) is 8.96. The summed E-state index contributed by atoms with van der Waals surface area (Å²) in [5.41, 5.74) is 5.12. The number of carbonyl (C=O) groups is 1. The van der Waals surface area contributed by atoms with Crippen molar-refractivity contribution in [3.05, 3.63) is 59.2 Å². The van der Waals surface area contributed by atoms with Crippen LogP contribution in [0.2, 0.25) is 0 Å². The van der Waals surface area contributed by atoms with Gasteiger partial charge in [-0.3, -0.25) is 10.1 Å². The zero-order valence-electron chi connectivity index (χ0n) is 20.6. The second-order valence-electron chi connectivity index (χ2n) is 9.48. The first kappa shape index (κ1) is 27.1. The Morgan fingerprint density at radius 1 is 1.26 bits per heavy atom. The maximum absolute atomic E-state index is 13.9. The summed E-state index contributed by atoms with van der Waals surface area (Å²) in [6, 6.07) is 12.4. The molecule has 5 N–H and O–H groups in total. The monoisotopic (exact) mass is 504 g/mol. The van der Waals surface area contributed by atoms with Crippen molar-refractivity contribution in [1.29, 1.82) is 0 Å². The molecule has 3 atom stereocenters. The van der Waals surface area contributed by atoms with Gasteiger partial charge in [-0.05, 0) is 41.7 Å². The van der Waals surface area contributed by atoms with Gasteiger partial charge in [0, 0.05) is 12.0 Å². The number of aliphatic hydroxyl groups is 1. The number of fused-ring (bicyclic) bond motifs is 1. The number of methoxy groups -OCH3 is 1. The van der Waals surface area contributed by atoms with Crippen LogP contribution in [0, 0.1) is 0 Å². The number of hydrogen-bond donors (Lipinski definition) is 4. The Labute approximate surface area is 207 Å². The summed E-state index contributed by atoms with van der Waals surface area (Å²) in [6.45, 7) is 3.27. The summed E-state index contributed by atoms with van der Waals surface area (Å²) in [6.07, 6.45) is 2.87. The van der Waals surface area contributed by atoms with E-state index in [0.29, 0.717) is 29.7 Å². The zero-order valence-corrected chi connectivity index (χ0v) is 21.4. The van der Waals surface area contributed by atoms with Crippen LogP contribution in [0.5, 0.6) is 5.75 Å². The second kappa shape index (κ2) is 10.7. The topological polar surface area (TPSA) is 139 Å². The molecule has 0 saturated heterocycles. The van der Waals surface area contributed by atoms with Crippen molar-refractivity contribution in [3.8, 4) is 5.75 Å². The molecule has 0 radical (unpaired) electrons. The van der Waals surface area contributed by atoms with E-state index in [1.165, 1.54) is 13.2 Å². The van der Waals surface area contributed by atoms with Gasteiger partial charge in [-0.15, -0.1) is 0 Å². The summed E-state index contributed by atoms with van der Waals surface area (Å²) in [5.74, 6) is -1.14. The minimum atomic E-state index is -3.77. The molecule has 35 heavy (non-hydrogen) atoms. The van der Waals surface area contributed by atoms with E-state index in [-0.39, 0.29) is 17.1 Å². The quantitative estimate of drug-likeness (QED) is 0.387. The number of ether oxygens (including phenoxy) is 1. The first-order valence-corrected chi connectivity index (χ1v) is 13.6. The number of carboxylic acids is 1. The Morgan fingerprint density at radius 2 is 1.94 bits per heavy atom. The lowest BCUT2D eigenvalue weighted by molar-refractivity contribution is -0.144. The number of nitrogens with one attached hydrogen (secondary N) is 1. The van der Waals surface area contributed by atoms with E-state index >= 15 is 0 Å². The molecule has 1 aliphatic heterocycles. The molecule has 0 fully saturated rings. The van der Waals surface area contributed by atoms with E-state index in [1.54, 1.807) is 6.07 Å². The molecule has 0 aliphatic carbocycles. The number of unbranched alkanes of at least 4 members (excludes halogenated alkanes) is 1. The van der Waals surface area contributed by atoms with Crippen LogP contribution in [0.15, 0.2) is 47.4 Å². The first-order chi connectivity index (χ1) is 16.5. The number of aliphatic hydroxyl groups excluding tert-OH is 1. The van der Waals surface area contributed by atoms with Gasteiger partial charge in [0.15, 0.2) is 9.84 Å². The lowest BCUT2D eigenvalue weighted by atomic mass is 9.87. The number of rotatable bonds is 10. The number of sulfone groups is 1. The Kier molecular flexibility index (Phi) is 8.26. The molecule has 1 aliphatic rings. The molecule has 192 valence electrons. The molecule has 1 heterocycles. The van der Waals surface area contributed by atoms with Gasteiger partial charge in [-0.25, -0.2) is 8.42 Å². The lowest BCUT2D eigenvalue weighted by Gasteiger charge is -2.36. The molecule has 0 bridgehead atoms. The first-order valence-electron chi connectivity index (χ1n) is 11.9. The molecule has 2 aromatic rings. The molecule has 0 saturated carbocycles. The van der Waals surface area contributed by atoms with Crippen LogP contribution in [0.3, 0.4) is 0 Å². The summed E-state index contributed by atoms with van der Waals surface area (Å²) in [5, 5.41) is 22.9. The minimum absolute atomic E-state index is 0.0781. The van der Waals surface area contributed by atoms with Crippen LogP contribution in [0.25, 0.3) is 0 Å². The average molecular weight is 505 g/mol. The van der Waals surface area contributed by atoms with Gasteiger partial charge in [0.1, 0.15) is 11.3 Å². The average Bonchev–Trinajstić information content (AvgIpc) is 2.94. The highest BCUT2D eigenvalue weighted by Gasteiger charge is 2.43. The minimum Gasteiger partial charge on any atom is -0.496 e. The third kappa shape index (κ3) is 5.53. The molecule has 8 nitrogen and oxygen atoms in total. The normalized spacial score (nSPS) is 23.1. The standard InChI is InChI=1S/C26H36N2O6S/c1-4-6-12-25(5-2)17-35(32,33)22-13-19(15-26(27,16-29)24(30)31)21(34-3)14-20(22)23(28-25)18-10-8-7-9-11-18/h7-11,13-14,23,28-29H,4-6,12,15-17,27H2,1-3H3,(H,30,31)/t23-,25-,26+/m1/s1. The fourth-order valence-corrected chi connectivity index (χ4v) is 6.97. The Hall–Kier alpha value is -2.46. The predicted molar refractivity (Wildman–Crippen MR) is 134 cm³/mol. The number of hydrogen-bond acceptors (Lipinski definition) is 7. The fourth-order valence-electron chi connectivity index (χ4n) is 4.80. The molecule has 0 aromatic heterocycles. The van der Waals surface area contributed by atoms with E-state index in [2.05, 4.69) is 12.2 Å². The smallest absolute Gasteiger partial charge is 0.326 e. The van der Waals surface area contributed by atoms with Gasteiger partial charge in [0.25, 0.3) is 0 Å². The van der Waals surface area contributed by atoms with Gasteiger partial charge < -0.3 is 20.7 Å². The number of nitrogens with two attached hydrogens (primary N) is 1. The lowest BCUT2D eigenvalue weighted by Crippen LogP contribution is -2.53. The van der Waals surface area contributed by atoms with Crippen molar-refractivity contribution >= 4 is 15.8 Å². The van der Waals surface area contributed by atoms with Crippen molar-refractivity contribution in [2.24, 2.45) is 5.73 Å². The largest absolute Gasteiger partial charge is 0.496 e. The van der Waals surface area contributed by atoms with Crippen molar-refractivity contribution in [2.75, 3.05) is 19.5 Å². The highest BCUT2D eigenvalue weighted by atomic mass is 32.2. The molecule has 0 spiro atoms. The van der Waals surface area contributed by atoms with E-state index < -0.39 is 39.5 Å². The third-order valence-electron chi connectivity index (χ3n) is 7.01. The van der Waals surface area contributed by atoms with Crippen molar-refractivity contribution < 1.29 is 28.2 Å². The van der Waals surface area contributed by atoms with E-state index in [4.69, 9.17) is 10.5 Å². The molecular formula is C26H36N2O6S. The van der Waals surface area contributed by atoms with Crippen molar-refractivity contribution in [2.45, 2.75) is 68.0 Å². The molecule has 0 unspecified atom stereocenters. The Bertz CT molecular complexity index is 1150. The SMILES string of the molecule is CCCC[C@]1(CC)CS(=O)(=O)c2cc(C[C@](N)(CO)C(=O)O)c(OC)cc2[C@@H](c2ccccc2)N1. The second-order valence-corrected chi connectivity index (χ2v) is 11.4. The van der Waals surface area contributed by atoms with Gasteiger partial charge in [0.2, 0.25) is 0 Å². The molecule has 2 aromatic carbocycles. The molecule has 0 amide bonds. The van der Waals surface area contributed by atoms with E-state index in [0.717, 1.165) is 18.4 Å². The van der Waals surface area contributed by atoms with Gasteiger partial charge in [-0.2, -0.15) is 0 Å². The predicted octanol–water partition coefficient (Wildman–Crippen LogP) is 2.82. The van der Waals surface area contributed by atoms with Crippen LogP contribution in [-0.2, 0) is 21.1 Å². The van der Waals surface area contributed by atoms with Gasteiger partial charge in [0.05, 0.1) is 30.4 Å². The maximum atomic E-state index is 13.9. The van der Waals surface area contributed by atoms with Crippen LogP contribution < -0.4 is 15.8 Å². The summed E-state index contributed by atoms with van der Waals surface area (Å²) in [4.78, 5) is 11.9. The summed E-state index contributed by atoms with van der Waals surface area (Å²) < 4.78 is 33.3. The Morgan fingerprint density at radius 3 is 2.49 bits per heavy atom. The van der Waals surface area contributed by atoms with Crippen LogP contribution in [-0.4, -0.2) is 55.1 Å². The van der Waals surface area contributed by atoms with E-state index in [1.807, 2.05) is 37.3 Å². The maximum Gasteiger partial charge on any atom is 0.326 e. The highest BCUT2D eigenvalue weighted by Crippen LogP contribution is 2.41. The zero-order chi connectivity index (χ0) is 25.9. The molecule has 3 rings (SSSR count). The molecule has 9 heteroatoms. The fraction of sp³-hybridized carbons (Fsp3) is 0.500. The van der Waals surface area contributed by atoms with Crippen molar-refractivity contribution in [1.82, 2.24) is 5.32 Å². The van der Waals surface area contributed by atoms with Gasteiger partial charge >= 0.3 is 5.97 Å². The number of carboxylic acid groups (broad SMARTS) is 1.